The average Bonchev–Trinajstić information content (AvgIpc) is 3.27. The number of hydrogen-bond donors (Lipinski definition) is 1. The van der Waals surface area contributed by atoms with Crippen molar-refractivity contribution in [3.63, 3.8) is 0 Å². The van der Waals surface area contributed by atoms with E-state index in [1.807, 2.05) is 60.7 Å². The standard InChI is InChI=1S/C27H24N4O2S2/c32-22(28-15-7-13-19-9-3-1-4-10-19)18-34-27-30-23-21-14-8-16-29-25(21)35-24(23)26(33)31(27)17-20-11-5-2-6-12-20/h1-6,8-12,14,16H,7,13,15,17-18H2,(H,28,32). The van der Waals surface area contributed by atoms with Gasteiger partial charge in [0.2, 0.25) is 5.91 Å². The highest BCUT2D eigenvalue weighted by Crippen LogP contribution is 2.30. The maximum absolute atomic E-state index is 13.5. The highest BCUT2D eigenvalue weighted by molar-refractivity contribution is 7.99. The molecular formula is C27H24N4O2S2. The summed E-state index contributed by atoms with van der Waals surface area (Å²) in [5.41, 5.74) is 2.81. The molecule has 1 amide bonds. The predicted molar refractivity (Wildman–Crippen MR) is 143 cm³/mol. The van der Waals surface area contributed by atoms with E-state index in [1.165, 1.54) is 28.7 Å². The number of benzene rings is 2. The minimum absolute atomic E-state index is 0.0690. The van der Waals surface area contributed by atoms with Crippen molar-refractivity contribution in [2.45, 2.75) is 24.5 Å². The number of nitrogens with zero attached hydrogens (tertiary/aromatic N) is 3. The summed E-state index contributed by atoms with van der Waals surface area (Å²) < 4.78 is 2.25. The Bertz CT molecular complexity index is 1510. The Balaban J connectivity index is 1.34. The van der Waals surface area contributed by atoms with Gasteiger partial charge in [-0.05, 0) is 36.1 Å². The van der Waals surface area contributed by atoms with Crippen LogP contribution < -0.4 is 10.9 Å². The van der Waals surface area contributed by atoms with Crippen molar-refractivity contribution in [1.29, 1.82) is 0 Å². The van der Waals surface area contributed by atoms with Gasteiger partial charge < -0.3 is 5.32 Å². The van der Waals surface area contributed by atoms with Crippen molar-refractivity contribution in [2.75, 3.05) is 12.3 Å². The van der Waals surface area contributed by atoms with Gasteiger partial charge in [-0.2, -0.15) is 0 Å². The van der Waals surface area contributed by atoms with Crippen molar-refractivity contribution in [3.8, 4) is 0 Å². The number of thiophene rings is 1. The van der Waals surface area contributed by atoms with Gasteiger partial charge in [-0.15, -0.1) is 11.3 Å². The molecule has 3 aromatic heterocycles. The van der Waals surface area contributed by atoms with Gasteiger partial charge in [0.25, 0.3) is 5.56 Å². The van der Waals surface area contributed by atoms with Crippen molar-refractivity contribution >= 4 is 49.4 Å². The Hall–Kier alpha value is -3.49. The number of pyridine rings is 1. The zero-order valence-corrected chi connectivity index (χ0v) is 20.6. The Labute approximate surface area is 211 Å². The molecule has 0 aliphatic carbocycles. The lowest BCUT2D eigenvalue weighted by Crippen LogP contribution is -2.28. The number of thioether (sulfide) groups is 1. The van der Waals surface area contributed by atoms with E-state index in [9.17, 15) is 9.59 Å². The molecule has 0 saturated heterocycles. The molecule has 8 heteroatoms. The van der Waals surface area contributed by atoms with Crippen LogP contribution in [0.4, 0.5) is 0 Å². The van der Waals surface area contributed by atoms with Gasteiger partial charge in [-0.1, -0.05) is 72.4 Å². The zero-order chi connectivity index (χ0) is 24.0. The first kappa shape index (κ1) is 23.3. The molecule has 0 aliphatic rings. The van der Waals surface area contributed by atoms with E-state index in [0.717, 1.165) is 28.6 Å². The molecule has 0 bridgehead atoms. The maximum Gasteiger partial charge on any atom is 0.272 e. The molecule has 0 atom stereocenters. The second-order valence-corrected chi connectivity index (χ2v) is 10.1. The molecule has 0 radical (unpaired) electrons. The molecule has 0 spiro atoms. The fraction of sp³-hybridized carbons (Fsp3) is 0.185. The lowest BCUT2D eigenvalue weighted by Gasteiger charge is -2.12. The molecule has 6 nitrogen and oxygen atoms in total. The molecular weight excluding hydrogens is 476 g/mol. The van der Waals surface area contributed by atoms with E-state index >= 15 is 0 Å². The number of carbonyl (C=O) groups excluding carboxylic acids is 1. The van der Waals surface area contributed by atoms with E-state index in [4.69, 9.17) is 4.98 Å². The lowest BCUT2D eigenvalue weighted by molar-refractivity contribution is -0.118. The Morgan fingerprint density at radius 1 is 0.971 bits per heavy atom. The smallest absolute Gasteiger partial charge is 0.272 e. The fourth-order valence-electron chi connectivity index (χ4n) is 3.90. The molecule has 0 fully saturated rings. The quantitative estimate of drug-likeness (QED) is 0.177. The van der Waals surface area contributed by atoms with E-state index in [0.29, 0.717) is 28.5 Å². The van der Waals surface area contributed by atoms with Gasteiger partial charge >= 0.3 is 0 Å². The van der Waals surface area contributed by atoms with Crippen LogP contribution in [0.25, 0.3) is 20.4 Å². The van der Waals surface area contributed by atoms with Crippen LogP contribution in [0.3, 0.4) is 0 Å². The molecule has 1 N–H and O–H groups in total. The van der Waals surface area contributed by atoms with Crippen molar-refractivity contribution < 1.29 is 4.79 Å². The minimum atomic E-state index is -0.104. The van der Waals surface area contributed by atoms with Crippen LogP contribution in [0.5, 0.6) is 0 Å². The second-order valence-electron chi connectivity index (χ2n) is 8.13. The summed E-state index contributed by atoms with van der Waals surface area (Å²) in [6, 6.07) is 23.8. The van der Waals surface area contributed by atoms with Crippen LogP contribution in [0.1, 0.15) is 17.5 Å². The van der Waals surface area contributed by atoms with E-state index in [1.54, 1.807) is 10.8 Å². The summed E-state index contributed by atoms with van der Waals surface area (Å²) in [6.07, 6.45) is 3.51. The normalized spacial score (nSPS) is 11.2. The molecule has 3 heterocycles. The first-order valence-electron chi connectivity index (χ1n) is 11.4. The Morgan fingerprint density at radius 3 is 2.49 bits per heavy atom. The molecule has 176 valence electrons. The van der Waals surface area contributed by atoms with E-state index in [-0.39, 0.29) is 17.2 Å². The van der Waals surface area contributed by atoms with Crippen LogP contribution >= 0.6 is 23.1 Å². The van der Waals surface area contributed by atoms with Crippen molar-refractivity contribution in [1.82, 2.24) is 19.9 Å². The largest absolute Gasteiger partial charge is 0.355 e. The van der Waals surface area contributed by atoms with Gasteiger partial charge in [0.15, 0.2) is 5.16 Å². The van der Waals surface area contributed by atoms with Crippen molar-refractivity contribution in [3.05, 3.63) is 100 Å². The number of aromatic nitrogens is 3. The van der Waals surface area contributed by atoms with Gasteiger partial charge in [-0.25, -0.2) is 9.97 Å². The fourth-order valence-corrected chi connectivity index (χ4v) is 5.76. The van der Waals surface area contributed by atoms with E-state index in [2.05, 4.69) is 22.4 Å². The van der Waals surface area contributed by atoms with Crippen LogP contribution in [0.2, 0.25) is 0 Å². The first-order chi connectivity index (χ1) is 17.2. The van der Waals surface area contributed by atoms with Gasteiger partial charge in [0.1, 0.15) is 9.53 Å². The summed E-state index contributed by atoms with van der Waals surface area (Å²) >= 11 is 2.66. The van der Waals surface area contributed by atoms with Crippen LogP contribution in [-0.4, -0.2) is 32.7 Å². The molecule has 0 saturated carbocycles. The van der Waals surface area contributed by atoms with Crippen LogP contribution in [0.15, 0.2) is 88.9 Å². The third-order valence-electron chi connectivity index (χ3n) is 5.64. The van der Waals surface area contributed by atoms with Crippen molar-refractivity contribution in [2.24, 2.45) is 0 Å². The highest BCUT2D eigenvalue weighted by Gasteiger charge is 2.18. The summed E-state index contributed by atoms with van der Waals surface area (Å²) in [5, 5.41) is 4.39. The summed E-state index contributed by atoms with van der Waals surface area (Å²) in [7, 11) is 0. The number of amides is 1. The monoisotopic (exact) mass is 500 g/mol. The van der Waals surface area contributed by atoms with E-state index < -0.39 is 0 Å². The highest BCUT2D eigenvalue weighted by atomic mass is 32.2. The number of hydrogen-bond acceptors (Lipinski definition) is 6. The molecule has 2 aromatic carbocycles. The van der Waals surface area contributed by atoms with Gasteiger partial charge in [0.05, 0.1) is 17.8 Å². The first-order valence-corrected chi connectivity index (χ1v) is 13.2. The molecule has 5 aromatic rings. The minimum Gasteiger partial charge on any atom is -0.355 e. The number of rotatable bonds is 9. The number of carbonyl (C=O) groups is 1. The lowest BCUT2D eigenvalue weighted by atomic mass is 10.1. The number of fused-ring (bicyclic) bond motifs is 3. The summed E-state index contributed by atoms with van der Waals surface area (Å²) in [6.45, 7) is 1.00. The average molecular weight is 501 g/mol. The third kappa shape index (κ3) is 5.44. The molecule has 5 rings (SSSR count). The second kappa shape index (κ2) is 10.8. The number of aryl methyl sites for hydroxylation is 1. The predicted octanol–water partition coefficient (Wildman–Crippen LogP) is 4.90. The molecule has 35 heavy (non-hydrogen) atoms. The third-order valence-corrected chi connectivity index (χ3v) is 7.71. The van der Waals surface area contributed by atoms with Crippen LogP contribution in [0, 0.1) is 0 Å². The Kier molecular flexibility index (Phi) is 7.20. The summed E-state index contributed by atoms with van der Waals surface area (Å²) in [4.78, 5) is 36.1. The maximum atomic E-state index is 13.5. The molecule has 0 unspecified atom stereocenters. The molecule has 0 aliphatic heterocycles. The van der Waals surface area contributed by atoms with Gasteiger partial charge in [0, 0.05) is 18.1 Å². The SMILES string of the molecule is O=C(CSc1nc2c(sc3ncccc32)c(=O)n1Cc1ccccc1)NCCCc1ccccc1. The number of nitrogens with one attached hydrogen (secondary N) is 1. The Morgan fingerprint density at radius 2 is 1.71 bits per heavy atom. The van der Waals surface area contributed by atoms with Crippen LogP contribution in [-0.2, 0) is 17.8 Å². The summed E-state index contributed by atoms with van der Waals surface area (Å²) in [5.74, 6) is 0.124. The topological polar surface area (TPSA) is 76.9 Å². The van der Waals surface area contributed by atoms with Gasteiger partial charge in [-0.3, -0.25) is 14.2 Å². The zero-order valence-electron chi connectivity index (χ0n) is 19.0.